The molecule has 0 aromatic heterocycles. The number of hydrogen-bond donors (Lipinski definition) is 3. The summed E-state index contributed by atoms with van der Waals surface area (Å²) < 4.78 is 4.69. The highest BCUT2D eigenvalue weighted by atomic mass is 16.5. The number of aliphatic hydroxyl groups is 2. The molecule has 0 heterocycles. The van der Waals surface area contributed by atoms with E-state index in [0.717, 1.165) is 11.3 Å². The first kappa shape index (κ1) is 15.3. The van der Waals surface area contributed by atoms with Crippen LogP contribution in [0.3, 0.4) is 0 Å². The molecule has 0 saturated heterocycles. The monoisotopic (exact) mass is 268 g/mol. The number of methoxy groups -OCH3 is 1. The highest BCUT2D eigenvalue weighted by Gasteiger charge is 2.16. The van der Waals surface area contributed by atoms with Gasteiger partial charge in [-0.25, -0.2) is 4.79 Å². The van der Waals surface area contributed by atoms with Gasteiger partial charge < -0.3 is 25.6 Å². The van der Waals surface area contributed by atoms with Crippen molar-refractivity contribution in [3.63, 3.8) is 0 Å². The minimum Gasteiger partial charge on any atom is -0.465 e. The van der Waals surface area contributed by atoms with Gasteiger partial charge in [-0.05, 0) is 24.6 Å². The second kappa shape index (κ2) is 6.96. The summed E-state index contributed by atoms with van der Waals surface area (Å²) in [5.41, 5.74) is 7.99. The Morgan fingerprint density at radius 2 is 1.89 bits per heavy atom. The van der Waals surface area contributed by atoms with Crippen LogP contribution in [0.5, 0.6) is 0 Å². The van der Waals surface area contributed by atoms with E-state index >= 15 is 0 Å². The quantitative estimate of drug-likeness (QED) is 0.502. The Bertz CT molecular complexity index is 443. The third kappa shape index (κ3) is 3.59. The van der Waals surface area contributed by atoms with Crippen molar-refractivity contribution < 1.29 is 19.7 Å². The molecule has 1 rings (SSSR count). The van der Waals surface area contributed by atoms with Crippen LogP contribution >= 0.6 is 0 Å². The number of hydrogen-bond acceptors (Lipinski definition) is 6. The van der Waals surface area contributed by atoms with Crippen LogP contribution in [0.2, 0.25) is 0 Å². The van der Waals surface area contributed by atoms with E-state index in [-0.39, 0.29) is 13.2 Å². The van der Waals surface area contributed by atoms with Gasteiger partial charge in [0.2, 0.25) is 0 Å². The molecule has 0 saturated carbocycles. The molecule has 1 aromatic carbocycles. The molecule has 4 N–H and O–H groups in total. The third-order valence-corrected chi connectivity index (χ3v) is 2.88. The van der Waals surface area contributed by atoms with E-state index in [1.807, 2.05) is 6.07 Å². The number of nitrogen functional groups attached to an aromatic ring is 1. The zero-order valence-electron chi connectivity index (χ0n) is 11.2. The number of aliphatic hydroxyl groups excluding tert-OH is 2. The summed E-state index contributed by atoms with van der Waals surface area (Å²) in [4.78, 5) is 13.4. The number of nitrogens with two attached hydrogens (primary N) is 1. The predicted octanol–water partition coefficient (Wildman–Crippen LogP) is 0.155. The van der Waals surface area contributed by atoms with Gasteiger partial charge in [0.15, 0.2) is 0 Å². The molecule has 19 heavy (non-hydrogen) atoms. The van der Waals surface area contributed by atoms with Gasteiger partial charge in [-0.2, -0.15) is 0 Å². The molecule has 0 bridgehead atoms. The highest BCUT2D eigenvalue weighted by Crippen LogP contribution is 2.26. The normalized spacial score (nSPS) is 10.3. The van der Waals surface area contributed by atoms with Crippen LogP contribution in [-0.2, 0) is 4.74 Å². The van der Waals surface area contributed by atoms with E-state index in [1.165, 1.54) is 7.11 Å². The number of esters is 1. The Morgan fingerprint density at radius 3 is 2.37 bits per heavy atom. The molecular weight excluding hydrogens is 248 g/mol. The number of carbonyl (C=O) groups is 1. The van der Waals surface area contributed by atoms with Crippen LogP contribution in [0.1, 0.15) is 15.9 Å². The summed E-state index contributed by atoms with van der Waals surface area (Å²) in [7, 11) is 1.29. The van der Waals surface area contributed by atoms with Gasteiger partial charge >= 0.3 is 5.97 Å². The zero-order valence-corrected chi connectivity index (χ0v) is 11.2. The van der Waals surface area contributed by atoms with Crippen molar-refractivity contribution in [2.75, 3.05) is 44.0 Å². The standard InChI is InChI=1S/C13H20N2O4/c1-9-7-10(15(3-5-16)4-6-17)8-11(12(9)14)13(18)19-2/h7-8,16-17H,3-6,14H2,1-2H3. The fourth-order valence-corrected chi connectivity index (χ4v) is 1.85. The van der Waals surface area contributed by atoms with Crippen molar-refractivity contribution in [1.29, 1.82) is 0 Å². The zero-order chi connectivity index (χ0) is 14.4. The van der Waals surface area contributed by atoms with Gasteiger partial charge in [0.25, 0.3) is 0 Å². The van der Waals surface area contributed by atoms with Crippen LogP contribution in [0.4, 0.5) is 11.4 Å². The maximum atomic E-state index is 11.7. The van der Waals surface area contributed by atoms with Crippen molar-refractivity contribution in [1.82, 2.24) is 0 Å². The summed E-state index contributed by atoms with van der Waals surface area (Å²) in [6.45, 7) is 2.43. The van der Waals surface area contributed by atoms with Crippen LogP contribution in [0.25, 0.3) is 0 Å². The molecular formula is C13H20N2O4. The molecule has 6 nitrogen and oxygen atoms in total. The fraction of sp³-hybridized carbons (Fsp3) is 0.462. The lowest BCUT2D eigenvalue weighted by Gasteiger charge is -2.24. The van der Waals surface area contributed by atoms with Gasteiger partial charge in [0.1, 0.15) is 0 Å². The average Bonchev–Trinajstić information content (AvgIpc) is 2.40. The lowest BCUT2D eigenvalue weighted by Crippen LogP contribution is -2.30. The number of benzene rings is 1. The molecule has 0 fully saturated rings. The molecule has 106 valence electrons. The van der Waals surface area contributed by atoms with Gasteiger partial charge in [-0.1, -0.05) is 0 Å². The van der Waals surface area contributed by atoms with Gasteiger partial charge in [-0.15, -0.1) is 0 Å². The Labute approximate surface area is 112 Å². The largest absolute Gasteiger partial charge is 0.465 e. The third-order valence-electron chi connectivity index (χ3n) is 2.88. The fourth-order valence-electron chi connectivity index (χ4n) is 1.85. The first-order valence-electron chi connectivity index (χ1n) is 6.00. The summed E-state index contributed by atoms with van der Waals surface area (Å²) in [6.07, 6.45) is 0. The van der Waals surface area contributed by atoms with Crippen molar-refractivity contribution >= 4 is 17.3 Å². The summed E-state index contributed by atoms with van der Waals surface area (Å²) in [5, 5.41) is 18.1. The van der Waals surface area contributed by atoms with Gasteiger partial charge in [-0.3, -0.25) is 0 Å². The van der Waals surface area contributed by atoms with Crippen LogP contribution in [0, 0.1) is 6.92 Å². The number of carbonyl (C=O) groups excluding carboxylic acids is 1. The van der Waals surface area contributed by atoms with E-state index in [1.54, 1.807) is 17.9 Å². The summed E-state index contributed by atoms with van der Waals surface area (Å²) in [5.74, 6) is -0.504. The molecule has 0 aliphatic rings. The summed E-state index contributed by atoms with van der Waals surface area (Å²) in [6, 6.07) is 3.42. The molecule has 0 aliphatic heterocycles. The summed E-state index contributed by atoms with van der Waals surface area (Å²) >= 11 is 0. The average molecular weight is 268 g/mol. The topological polar surface area (TPSA) is 96.0 Å². The SMILES string of the molecule is COC(=O)c1cc(N(CCO)CCO)cc(C)c1N. The number of ether oxygens (including phenoxy) is 1. The minimum atomic E-state index is -0.504. The van der Waals surface area contributed by atoms with E-state index < -0.39 is 5.97 Å². The Balaban J connectivity index is 3.20. The van der Waals surface area contributed by atoms with Crippen LogP contribution < -0.4 is 10.6 Å². The second-order valence-corrected chi connectivity index (χ2v) is 4.15. The molecule has 0 atom stereocenters. The van der Waals surface area contributed by atoms with E-state index in [4.69, 9.17) is 20.7 Å². The lowest BCUT2D eigenvalue weighted by atomic mass is 10.1. The number of anilines is 2. The number of aryl methyl sites for hydroxylation is 1. The first-order valence-corrected chi connectivity index (χ1v) is 6.00. The lowest BCUT2D eigenvalue weighted by molar-refractivity contribution is 0.0602. The van der Waals surface area contributed by atoms with E-state index in [2.05, 4.69) is 0 Å². The Morgan fingerprint density at radius 1 is 1.32 bits per heavy atom. The number of rotatable bonds is 6. The molecule has 0 aliphatic carbocycles. The van der Waals surface area contributed by atoms with Crippen molar-refractivity contribution in [3.8, 4) is 0 Å². The highest BCUT2D eigenvalue weighted by molar-refractivity contribution is 5.97. The maximum Gasteiger partial charge on any atom is 0.340 e. The van der Waals surface area contributed by atoms with Crippen molar-refractivity contribution in [2.24, 2.45) is 0 Å². The Kier molecular flexibility index (Phi) is 5.59. The Hall–Kier alpha value is -1.79. The van der Waals surface area contributed by atoms with Gasteiger partial charge in [0.05, 0.1) is 25.9 Å². The van der Waals surface area contributed by atoms with E-state index in [0.29, 0.717) is 24.3 Å². The molecule has 6 heteroatoms. The molecule has 1 aromatic rings. The first-order chi connectivity index (χ1) is 9.04. The van der Waals surface area contributed by atoms with Gasteiger partial charge in [0, 0.05) is 24.5 Å². The molecule has 0 spiro atoms. The van der Waals surface area contributed by atoms with Crippen LogP contribution in [0.15, 0.2) is 12.1 Å². The smallest absolute Gasteiger partial charge is 0.340 e. The molecule has 0 unspecified atom stereocenters. The number of nitrogens with zero attached hydrogens (tertiary/aromatic N) is 1. The predicted molar refractivity (Wildman–Crippen MR) is 73.3 cm³/mol. The molecule has 0 amide bonds. The van der Waals surface area contributed by atoms with Crippen LogP contribution in [-0.4, -0.2) is 49.6 Å². The second-order valence-electron chi connectivity index (χ2n) is 4.15. The van der Waals surface area contributed by atoms with Crippen molar-refractivity contribution in [3.05, 3.63) is 23.3 Å². The maximum absolute atomic E-state index is 11.7. The molecule has 0 radical (unpaired) electrons. The minimum absolute atomic E-state index is 0.0447. The van der Waals surface area contributed by atoms with Crippen molar-refractivity contribution in [2.45, 2.75) is 6.92 Å². The van der Waals surface area contributed by atoms with E-state index in [9.17, 15) is 4.79 Å².